The Hall–Kier alpha value is -4.74. The Morgan fingerprint density at radius 1 is 1.13 bits per heavy atom. The van der Waals surface area contributed by atoms with Crippen molar-refractivity contribution in [3.63, 3.8) is 0 Å². The molecule has 0 aliphatic carbocycles. The van der Waals surface area contributed by atoms with Gasteiger partial charge in [0.1, 0.15) is 5.82 Å². The topological polar surface area (TPSA) is 104 Å². The van der Waals surface area contributed by atoms with E-state index in [2.05, 4.69) is 21.4 Å². The molecule has 0 bridgehead atoms. The van der Waals surface area contributed by atoms with Crippen LogP contribution < -0.4 is 10.9 Å². The van der Waals surface area contributed by atoms with E-state index in [0.717, 1.165) is 11.1 Å². The summed E-state index contributed by atoms with van der Waals surface area (Å²) in [6, 6.07) is 18.8. The lowest BCUT2D eigenvalue weighted by Gasteiger charge is -2.10. The van der Waals surface area contributed by atoms with Gasteiger partial charge in [-0.25, -0.2) is 4.39 Å². The van der Waals surface area contributed by atoms with Gasteiger partial charge in [0, 0.05) is 65.3 Å². The summed E-state index contributed by atoms with van der Waals surface area (Å²) in [7, 11) is 0. The highest BCUT2D eigenvalue weighted by atomic mass is 35.5. The molecular formula is C29H21ClFN5O2. The summed E-state index contributed by atoms with van der Waals surface area (Å²) in [4.78, 5) is 32.1. The molecule has 3 aromatic heterocycles. The van der Waals surface area contributed by atoms with Crippen molar-refractivity contribution in [2.24, 2.45) is 0 Å². The maximum Gasteiger partial charge on any atom is 0.251 e. The smallest absolute Gasteiger partial charge is 0.251 e. The summed E-state index contributed by atoms with van der Waals surface area (Å²) < 4.78 is 16.0. The standard InChI is InChI=1S/C29H21ClFN5O2/c30-25-16-34-27-13-26(31)22(12-24(25)27)15-35-29(38)19-6-7-33-23(11-19)10-18-4-5-20(21(9-18)14-32)17-36-8-2-1-3-28(36)37/h1-9,11-13,16,34H,10,15,17H2,(H,35,38). The summed E-state index contributed by atoms with van der Waals surface area (Å²) in [5, 5.41) is 13.6. The lowest BCUT2D eigenvalue weighted by molar-refractivity contribution is 0.0950. The zero-order valence-electron chi connectivity index (χ0n) is 20.0. The summed E-state index contributed by atoms with van der Waals surface area (Å²) in [5.41, 5.74) is 3.83. The zero-order valence-corrected chi connectivity index (χ0v) is 20.8. The highest BCUT2D eigenvalue weighted by molar-refractivity contribution is 6.35. The van der Waals surface area contributed by atoms with E-state index >= 15 is 0 Å². The molecule has 5 rings (SSSR count). The molecule has 0 aliphatic heterocycles. The number of halogens is 2. The number of fused-ring (bicyclic) bond motifs is 1. The molecule has 0 saturated carbocycles. The van der Waals surface area contributed by atoms with E-state index in [9.17, 15) is 19.2 Å². The Labute approximate surface area is 222 Å². The molecule has 0 spiro atoms. The minimum atomic E-state index is -0.444. The van der Waals surface area contributed by atoms with E-state index in [0.29, 0.717) is 51.3 Å². The van der Waals surface area contributed by atoms with Gasteiger partial charge in [-0.2, -0.15) is 5.26 Å². The molecule has 1 amide bonds. The number of pyridine rings is 2. The number of carbonyl (C=O) groups excluding carboxylic acids is 1. The van der Waals surface area contributed by atoms with E-state index in [-0.39, 0.29) is 18.0 Å². The van der Waals surface area contributed by atoms with Gasteiger partial charge in [-0.3, -0.25) is 14.6 Å². The molecule has 5 aromatic rings. The van der Waals surface area contributed by atoms with E-state index in [1.807, 2.05) is 12.1 Å². The first kappa shape index (κ1) is 24.9. The number of amides is 1. The number of nitrogens with one attached hydrogen (secondary N) is 2. The fourth-order valence-corrected chi connectivity index (χ4v) is 4.45. The monoisotopic (exact) mass is 525 g/mol. The normalized spacial score (nSPS) is 10.9. The third kappa shape index (κ3) is 5.33. The van der Waals surface area contributed by atoms with Crippen molar-refractivity contribution < 1.29 is 9.18 Å². The molecule has 0 fully saturated rings. The number of carbonyl (C=O) groups is 1. The summed E-state index contributed by atoms with van der Waals surface area (Å²) >= 11 is 6.13. The number of rotatable bonds is 7. The molecule has 3 heterocycles. The highest BCUT2D eigenvalue weighted by Crippen LogP contribution is 2.26. The SMILES string of the molecule is N#Cc1cc(Cc2cc(C(=O)NCc3cc4c(Cl)c[nH]c4cc3F)ccn2)ccc1Cn1ccccc1=O. The minimum Gasteiger partial charge on any atom is -0.360 e. The molecule has 0 radical (unpaired) electrons. The van der Waals surface area contributed by atoms with Gasteiger partial charge in [0.15, 0.2) is 0 Å². The van der Waals surface area contributed by atoms with Gasteiger partial charge >= 0.3 is 0 Å². The van der Waals surface area contributed by atoms with Gasteiger partial charge in [-0.05, 0) is 47.5 Å². The van der Waals surface area contributed by atoms with Crippen molar-refractivity contribution in [2.75, 3.05) is 0 Å². The highest BCUT2D eigenvalue weighted by Gasteiger charge is 2.13. The summed E-state index contributed by atoms with van der Waals surface area (Å²) in [5.74, 6) is -0.810. The molecule has 2 aromatic carbocycles. The Balaban J connectivity index is 1.28. The number of nitriles is 1. The maximum absolute atomic E-state index is 14.5. The second kappa shape index (κ2) is 10.7. The fraction of sp³-hybridized carbons (Fsp3) is 0.103. The average Bonchev–Trinajstić information content (AvgIpc) is 3.28. The number of benzene rings is 2. The van der Waals surface area contributed by atoms with E-state index < -0.39 is 5.82 Å². The molecular weight excluding hydrogens is 505 g/mol. The predicted octanol–water partition coefficient (Wildman–Crippen LogP) is 4.96. The average molecular weight is 526 g/mol. The van der Waals surface area contributed by atoms with Crippen molar-refractivity contribution >= 4 is 28.4 Å². The largest absolute Gasteiger partial charge is 0.360 e. The van der Waals surface area contributed by atoms with Crippen molar-refractivity contribution in [3.05, 3.63) is 134 Å². The lowest BCUT2D eigenvalue weighted by atomic mass is 10.0. The minimum absolute atomic E-state index is 0.00271. The Morgan fingerprint density at radius 3 is 2.82 bits per heavy atom. The Kier molecular flexibility index (Phi) is 7.03. The predicted molar refractivity (Wildman–Crippen MR) is 142 cm³/mol. The first-order valence-corrected chi connectivity index (χ1v) is 12.1. The molecule has 9 heteroatoms. The van der Waals surface area contributed by atoms with Crippen LogP contribution in [0.3, 0.4) is 0 Å². The van der Waals surface area contributed by atoms with Crippen molar-refractivity contribution in [1.29, 1.82) is 5.26 Å². The molecule has 0 aliphatic rings. The third-order valence-electron chi connectivity index (χ3n) is 6.24. The maximum atomic E-state index is 14.5. The van der Waals surface area contributed by atoms with Gasteiger partial charge in [-0.15, -0.1) is 0 Å². The molecule has 38 heavy (non-hydrogen) atoms. The van der Waals surface area contributed by atoms with Gasteiger partial charge in [-0.1, -0.05) is 29.8 Å². The first-order valence-electron chi connectivity index (χ1n) is 11.8. The second-order valence-corrected chi connectivity index (χ2v) is 9.20. The number of nitrogens with zero attached hydrogens (tertiary/aromatic N) is 3. The molecule has 2 N–H and O–H groups in total. The van der Waals surface area contributed by atoms with Crippen LogP contribution in [0.25, 0.3) is 10.9 Å². The molecule has 188 valence electrons. The van der Waals surface area contributed by atoms with E-state index in [1.54, 1.807) is 48.8 Å². The van der Waals surface area contributed by atoms with E-state index in [1.165, 1.54) is 22.9 Å². The van der Waals surface area contributed by atoms with Crippen LogP contribution in [0.4, 0.5) is 4.39 Å². The number of H-pyrrole nitrogens is 1. The van der Waals surface area contributed by atoms with Crippen LogP contribution in [0.15, 0.2) is 84.0 Å². The van der Waals surface area contributed by atoms with Crippen LogP contribution in [0.1, 0.15) is 38.3 Å². The van der Waals surface area contributed by atoms with Gasteiger partial charge in [0.25, 0.3) is 11.5 Å². The Bertz CT molecular complexity index is 1770. The van der Waals surface area contributed by atoms with Crippen LogP contribution in [-0.4, -0.2) is 20.4 Å². The van der Waals surface area contributed by atoms with E-state index in [4.69, 9.17) is 11.6 Å². The van der Waals surface area contributed by atoms with Crippen molar-refractivity contribution in [2.45, 2.75) is 19.5 Å². The van der Waals surface area contributed by atoms with Crippen LogP contribution >= 0.6 is 11.6 Å². The Morgan fingerprint density at radius 2 is 2.00 bits per heavy atom. The number of aromatic amines is 1. The number of hydrogen-bond acceptors (Lipinski definition) is 4. The molecule has 0 atom stereocenters. The molecule has 0 saturated heterocycles. The lowest BCUT2D eigenvalue weighted by Crippen LogP contribution is -2.23. The first-order chi connectivity index (χ1) is 18.4. The third-order valence-corrected chi connectivity index (χ3v) is 6.55. The number of hydrogen-bond donors (Lipinski definition) is 2. The van der Waals surface area contributed by atoms with Crippen LogP contribution in [-0.2, 0) is 19.5 Å². The van der Waals surface area contributed by atoms with Crippen LogP contribution in [0.5, 0.6) is 0 Å². The van der Waals surface area contributed by atoms with Gasteiger partial charge in [0.05, 0.1) is 23.2 Å². The number of aromatic nitrogens is 3. The zero-order chi connectivity index (χ0) is 26.6. The van der Waals surface area contributed by atoms with Crippen LogP contribution in [0, 0.1) is 17.1 Å². The van der Waals surface area contributed by atoms with Crippen LogP contribution in [0.2, 0.25) is 5.02 Å². The van der Waals surface area contributed by atoms with Crippen molar-refractivity contribution in [3.8, 4) is 6.07 Å². The summed E-state index contributed by atoms with van der Waals surface area (Å²) in [6.07, 6.45) is 5.21. The molecule has 0 unspecified atom stereocenters. The van der Waals surface area contributed by atoms with Gasteiger partial charge in [0.2, 0.25) is 0 Å². The van der Waals surface area contributed by atoms with Crippen molar-refractivity contribution in [1.82, 2.24) is 19.9 Å². The van der Waals surface area contributed by atoms with Gasteiger partial charge < -0.3 is 14.9 Å². The summed E-state index contributed by atoms with van der Waals surface area (Å²) in [6.45, 7) is 0.290. The second-order valence-electron chi connectivity index (χ2n) is 8.79. The molecule has 7 nitrogen and oxygen atoms in total. The quantitative estimate of drug-likeness (QED) is 0.313. The fourth-order valence-electron chi connectivity index (χ4n) is 4.24.